The van der Waals surface area contributed by atoms with E-state index in [0.717, 1.165) is 29.8 Å². The molecule has 8 nitrogen and oxygen atoms in total. The quantitative estimate of drug-likeness (QED) is 0.355. The minimum atomic E-state index is -4.52. The second-order valence-electron chi connectivity index (χ2n) is 7.91. The average Bonchev–Trinajstić information content (AvgIpc) is 3.56. The number of rotatable bonds is 5. The van der Waals surface area contributed by atoms with E-state index >= 15 is 0 Å². The van der Waals surface area contributed by atoms with Gasteiger partial charge in [-0.2, -0.15) is 13.2 Å². The predicted octanol–water partition coefficient (Wildman–Crippen LogP) is 6.25. The molecular weight excluding hydrogens is 543 g/mol. The fourth-order valence-corrected chi connectivity index (χ4v) is 3.51. The summed E-state index contributed by atoms with van der Waals surface area (Å²) >= 11 is 5.83. The minimum absolute atomic E-state index is 0.0119. The molecule has 3 aromatic carbocycles. The molecule has 0 saturated heterocycles. The van der Waals surface area contributed by atoms with E-state index in [1.54, 1.807) is 36.4 Å². The Bertz CT molecular complexity index is 1450. The highest BCUT2D eigenvalue weighted by Gasteiger charge is 2.31. The number of halogens is 4. The maximum absolute atomic E-state index is 12.7. The first kappa shape index (κ1) is 27.4. The van der Waals surface area contributed by atoms with Crippen LogP contribution in [0.3, 0.4) is 0 Å². The number of amides is 1. The Balaban J connectivity index is 0.000000212. The van der Waals surface area contributed by atoms with E-state index in [2.05, 4.69) is 5.32 Å². The first-order valence-corrected chi connectivity index (χ1v) is 11.5. The molecule has 0 spiro atoms. The summed E-state index contributed by atoms with van der Waals surface area (Å²) in [5, 5.41) is 10.8. The largest absolute Gasteiger partial charge is 0.478 e. The van der Waals surface area contributed by atoms with Gasteiger partial charge in [-0.25, -0.2) is 4.79 Å². The maximum atomic E-state index is 12.7. The van der Waals surface area contributed by atoms with Gasteiger partial charge in [0.25, 0.3) is 0 Å². The molecule has 0 atom stereocenters. The lowest BCUT2D eigenvalue weighted by atomic mass is 10.1. The van der Waals surface area contributed by atoms with Crippen molar-refractivity contribution in [2.24, 2.45) is 0 Å². The average molecular weight is 562 g/mol. The third-order valence-electron chi connectivity index (χ3n) is 5.19. The lowest BCUT2D eigenvalue weighted by molar-refractivity contribution is -0.137. The Labute approximate surface area is 224 Å². The number of carboxylic acid groups (broad SMARTS) is 1. The Morgan fingerprint density at radius 3 is 1.87 bits per heavy atom. The number of hydrogen-bond acceptors (Lipinski definition) is 6. The second-order valence-corrected chi connectivity index (χ2v) is 8.32. The van der Waals surface area contributed by atoms with Crippen LogP contribution in [0.25, 0.3) is 12.2 Å². The molecule has 2 aliphatic rings. The van der Waals surface area contributed by atoms with Gasteiger partial charge in [-0.1, -0.05) is 23.7 Å². The topological polar surface area (TPSA) is 103 Å². The molecule has 2 N–H and O–H groups in total. The van der Waals surface area contributed by atoms with Gasteiger partial charge in [-0.15, -0.1) is 0 Å². The third-order valence-corrected chi connectivity index (χ3v) is 5.52. The molecule has 0 aromatic heterocycles. The van der Waals surface area contributed by atoms with Crippen molar-refractivity contribution in [3.8, 4) is 23.0 Å². The van der Waals surface area contributed by atoms with Gasteiger partial charge in [0.2, 0.25) is 19.5 Å². The Kier molecular flexibility index (Phi) is 8.30. The van der Waals surface area contributed by atoms with Crippen LogP contribution >= 0.6 is 11.6 Å². The normalized spacial score (nSPS) is 13.3. The summed E-state index contributed by atoms with van der Waals surface area (Å²) in [4.78, 5) is 22.2. The van der Waals surface area contributed by atoms with Gasteiger partial charge in [0.05, 0.1) is 16.3 Å². The Morgan fingerprint density at radius 2 is 1.33 bits per heavy atom. The molecule has 0 bridgehead atoms. The standard InChI is InChI=1S/C17H11ClF3NO3.C10H8O4/c18-12-4-3-11(17(19,20)21)8-13(12)22-16(23)6-2-10-1-5-14-15(7-10)25-9-24-14;11-10(12)4-2-7-1-3-8-9(5-7)14-6-13-8/h1-8H,9H2,(H,22,23);1-5H,6H2,(H,11,12)/b6-2+;4-2+. The molecule has 0 unspecified atom stereocenters. The number of alkyl halides is 3. The lowest BCUT2D eigenvalue weighted by Gasteiger charge is -2.10. The number of aliphatic carboxylic acids is 1. The molecule has 5 rings (SSSR count). The smallest absolute Gasteiger partial charge is 0.416 e. The van der Waals surface area contributed by atoms with Crippen molar-refractivity contribution < 1.29 is 46.8 Å². The summed E-state index contributed by atoms with van der Waals surface area (Å²) < 4.78 is 58.8. The summed E-state index contributed by atoms with van der Waals surface area (Å²) in [5.74, 6) is 0.928. The molecule has 0 fully saturated rings. The Morgan fingerprint density at radius 1 is 0.795 bits per heavy atom. The van der Waals surface area contributed by atoms with Crippen LogP contribution in [0.2, 0.25) is 5.02 Å². The molecule has 0 aliphatic carbocycles. The summed E-state index contributed by atoms with van der Waals surface area (Å²) in [7, 11) is 0. The number of anilines is 1. The van der Waals surface area contributed by atoms with Gasteiger partial charge < -0.3 is 29.4 Å². The number of carbonyl (C=O) groups is 2. The zero-order chi connectivity index (χ0) is 28.0. The van der Waals surface area contributed by atoms with Gasteiger partial charge in [0, 0.05) is 12.2 Å². The van der Waals surface area contributed by atoms with Crippen molar-refractivity contribution in [2.45, 2.75) is 6.18 Å². The van der Waals surface area contributed by atoms with Crippen LogP contribution in [-0.2, 0) is 15.8 Å². The Hall–Kier alpha value is -4.64. The van der Waals surface area contributed by atoms with E-state index in [4.69, 9.17) is 35.7 Å². The zero-order valence-electron chi connectivity index (χ0n) is 19.8. The van der Waals surface area contributed by atoms with Crippen molar-refractivity contribution in [3.05, 3.63) is 88.5 Å². The van der Waals surface area contributed by atoms with Gasteiger partial charge in [0.1, 0.15) is 0 Å². The van der Waals surface area contributed by atoms with Gasteiger partial charge >= 0.3 is 12.1 Å². The molecule has 0 radical (unpaired) electrons. The molecule has 1 amide bonds. The van der Waals surface area contributed by atoms with Crippen LogP contribution in [0.15, 0.2) is 66.7 Å². The summed E-state index contributed by atoms with van der Waals surface area (Å²) in [5.41, 5.74) is 0.440. The molecular formula is C27H19ClF3NO7. The molecule has 0 saturated carbocycles. The summed E-state index contributed by atoms with van der Waals surface area (Å²) in [6, 6.07) is 13.1. The van der Waals surface area contributed by atoms with Crippen LogP contribution in [-0.4, -0.2) is 30.6 Å². The number of carboxylic acids is 1. The van der Waals surface area contributed by atoms with Crippen LogP contribution in [0, 0.1) is 0 Å². The van der Waals surface area contributed by atoms with Gasteiger partial charge in [-0.05, 0) is 65.7 Å². The number of fused-ring (bicyclic) bond motifs is 2. The molecule has 12 heteroatoms. The van der Waals surface area contributed by atoms with Crippen LogP contribution in [0.1, 0.15) is 16.7 Å². The van der Waals surface area contributed by atoms with Gasteiger partial charge in [-0.3, -0.25) is 4.79 Å². The van der Waals surface area contributed by atoms with E-state index in [1.165, 1.54) is 18.2 Å². The molecule has 202 valence electrons. The van der Waals surface area contributed by atoms with Crippen LogP contribution in [0.5, 0.6) is 23.0 Å². The third kappa shape index (κ3) is 7.45. The maximum Gasteiger partial charge on any atom is 0.416 e. The van der Waals surface area contributed by atoms with Crippen molar-refractivity contribution in [3.63, 3.8) is 0 Å². The predicted molar refractivity (Wildman–Crippen MR) is 136 cm³/mol. The first-order chi connectivity index (χ1) is 18.6. The van der Waals surface area contributed by atoms with Crippen LogP contribution in [0.4, 0.5) is 18.9 Å². The highest BCUT2D eigenvalue weighted by Crippen LogP contribution is 2.35. The fraction of sp³-hybridized carbons (Fsp3) is 0.111. The highest BCUT2D eigenvalue weighted by molar-refractivity contribution is 6.33. The second kappa shape index (κ2) is 11.8. The molecule has 2 heterocycles. The number of carbonyl (C=O) groups excluding carboxylic acids is 1. The van der Waals surface area contributed by atoms with Gasteiger partial charge in [0.15, 0.2) is 23.0 Å². The van der Waals surface area contributed by atoms with E-state index in [0.29, 0.717) is 28.6 Å². The van der Waals surface area contributed by atoms with Crippen molar-refractivity contribution in [1.82, 2.24) is 0 Å². The van der Waals surface area contributed by atoms with Crippen molar-refractivity contribution in [1.29, 1.82) is 0 Å². The monoisotopic (exact) mass is 561 g/mol. The van der Waals surface area contributed by atoms with E-state index in [-0.39, 0.29) is 24.3 Å². The summed E-state index contributed by atoms with van der Waals surface area (Å²) in [6.45, 7) is 0.360. The molecule has 39 heavy (non-hydrogen) atoms. The van der Waals surface area contributed by atoms with E-state index in [1.807, 2.05) is 0 Å². The van der Waals surface area contributed by atoms with Crippen LogP contribution < -0.4 is 24.3 Å². The molecule has 2 aliphatic heterocycles. The van der Waals surface area contributed by atoms with E-state index < -0.39 is 23.6 Å². The zero-order valence-corrected chi connectivity index (χ0v) is 20.6. The summed E-state index contributed by atoms with van der Waals surface area (Å²) in [6.07, 6.45) is 0.751. The number of nitrogens with one attached hydrogen (secondary N) is 1. The lowest BCUT2D eigenvalue weighted by Crippen LogP contribution is -2.11. The minimum Gasteiger partial charge on any atom is -0.478 e. The number of hydrogen-bond donors (Lipinski definition) is 2. The van der Waals surface area contributed by atoms with E-state index in [9.17, 15) is 22.8 Å². The van der Waals surface area contributed by atoms with Crippen molar-refractivity contribution in [2.75, 3.05) is 18.9 Å². The molecule has 3 aromatic rings. The SMILES string of the molecule is O=C(/C=C/c1ccc2c(c1)OCO2)Nc1cc(C(F)(F)F)ccc1Cl.O=C(O)/C=C/c1ccc2c(c1)OCO2. The number of ether oxygens (including phenoxy) is 4. The highest BCUT2D eigenvalue weighted by atomic mass is 35.5. The number of benzene rings is 3. The fourth-order valence-electron chi connectivity index (χ4n) is 3.34. The van der Waals surface area contributed by atoms with Crippen molar-refractivity contribution >= 4 is 41.3 Å². The first-order valence-electron chi connectivity index (χ1n) is 11.1.